The first kappa shape index (κ1) is 20.7. The topological polar surface area (TPSA) is 65.9 Å². The number of nitrogens with one attached hydrogen (secondary N) is 2. The van der Waals surface area contributed by atoms with Crippen LogP contribution in [0.3, 0.4) is 0 Å². The third-order valence-corrected chi connectivity index (χ3v) is 3.75. The van der Waals surface area contributed by atoms with Gasteiger partial charge in [-0.05, 0) is 25.3 Å². The van der Waals surface area contributed by atoms with E-state index >= 15 is 0 Å². The number of guanidine groups is 1. The Hall–Kier alpha value is -1.30. The van der Waals surface area contributed by atoms with Crippen molar-refractivity contribution < 1.29 is 9.84 Å². The summed E-state index contributed by atoms with van der Waals surface area (Å²) < 4.78 is 5.57. The van der Waals surface area contributed by atoms with Gasteiger partial charge in [0.05, 0.1) is 13.2 Å². The number of halogens is 1. The molecule has 24 heavy (non-hydrogen) atoms. The first-order chi connectivity index (χ1) is 11.5. The van der Waals surface area contributed by atoms with Crippen molar-refractivity contribution in [1.82, 2.24) is 10.6 Å². The van der Waals surface area contributed by atoms with Crippen molar-refractivity contribution in [2.75, 3.05) is 32.8 Å². The van der Waals surface area contributed by atoms with Crippen LogP contribution in [0.5, 0.6) is 0 Å². The fourth-order valence-corrected chi connectivity index (χ4v) is 2.29. The van der Waals surface area contributed by atoms with Gasteiger partial charge < -0.3 is 20.5 Å². The SMILES string of the molecule is CCNC(=NCC(O)c1ccccc1Cl)NCCOCCC(C)C. The highest BCUT2D eigenvalue weighted by atomic mass is 35.5. The van der Waals surface area contributed by atoms with Crippen LogP contribution >= 0.6 is 11.6 Å². The molecule has 1 atom stereocenters. The predicted molar refractivity (Wildman–Crippen MR) is 101 cm³/mol. The molecule has 0 bridgehead atoms. The molecular weight excluding hydrogens is 326 g/mol. The summed E-state index contributed by atoms with van der Waals surface area (Å²) >= 11 is 6.09. The van der Waals surface area contributed by atoms with Crippen LogP contribution < -0.4 is 10.6 Å². The highest BCUT2D eigenvalue weighted by Gasteiger charge is 2.10. The number of ether oxygens (including phenoxy) is 1. The van der Waals surface area contributed by atoms with Crippen molar-refractivity contribution in [2.45, 2.75) is 33.3 Å². The van der Waals surface area contributed by atoms with E-state index in [4.69, 9.17) is 16.3 Å². The van der Waals surface area contributed by atoms with Crippen LogP contribution in [0.25, 0.3) is 0 Å². The minimum atomic E-state index is -0.726. The molecule has 6 heteroatoms. The Balaban J connectivity index is 2.40. The van der Waals surface area contributed by atoms with Crippen LogP contribution in [-0.2, 0) is 4.74 Å². The van der Waals surface area contributed by atoms with Gasteiger partial charge in [-0.1, -0.05) is 43.6 Å². The number of hydrogen-bond acceptors (Lipinski definition) is 3. The summed E-state index contributed by atoms with van der Waals surface area (Å²) in [4.78, 5) is 4.41. The molecule has 0 radical (unpaired) electrons. The van der Waals surface area contributed by atoms with Crippen molar-refractivity contribution in [1.29, 1.82) is 0 Å². The summed E-state index contributed by atoms with van der Waals surface area (Å²) in [5.74, 6) is 1.32. The van der Waals surface area contributed by atoms with Gasteiger partial charge in [-0.3, -0.25) is 4.99 Å². The predicted octanol–water partition coefficient (Wildman–Crippen LogP) is 2.99. The van der Waals surface area contributed by atoms with Gasteiger partial charge >= 0.3 is 0 Å². The molecule has 1 aromatic carbocycles. The van der Waals surface area contributed by atoms with Crippen LogP contribution in [0.1, 0.15) is 38.9 Å². The van der Waals surface area contributed by atoms with Gasteiger partial charge in [0.2, 0.25) is 0 Å². The van der Waals surface area contributed by atoms with E-state index in [0.29, 0.717) is 35.6 Å². The number of aliphatic imine (C=N–C) groups is 1. The lowest BCUT2D eigenvalue weighted by atomic mass is 10.1. The summed E-state index contributed by atoms with van der Waals surface area (Å²) in [7, 11) is 0. The number of rotatable bonds is 10. The van der Waals surface area contributed by atoms with E-state index in [1.807, 2.05) is 25.1 Å². The molecule has 0 aliphatic carbocycles. The zero-order valence-corrected chi connectivity index (χ0v) is 15.6. The second kappa shape index (κ2) is 12.1. The lowest BCUT2D eigenvalue weighted by molar-refractivity contribution is 0.128. The molecule has 0 heterocycles. The lowest BCUT2D eigenvalue weighted by Gasteiger charge is -2.14. The van der Waals surface area contributed by atoms with Gasteiger partial charge in [0, 0.05) is 30.3 Å². The Morgan fingerprint density at radius 2 is 2.00 bits per heavy atom. The monoisotopic (exact) mass is 355 g/mol. The van der Waals surface area contributed by atoms with Gasteiger partial charge in [-0.15, -0.1) is 0 Å². The average molecular weight is 356 g/mol. The van der Waals surface area contributed by atoms with Crippen molar-refractivity contribution in [3.05, 3.63) is 34.9 Å². The molecule has 0 spiro atoms. The first-order valence-corrected chi connectivity index (χ1v) is 8.94. The van der Waals surface area contributed by atoms with Gasteiger partial charge in [-0.2, -0.15) is 0 Å². The number of nitrogens with zero attached hydrogens (tertiary/aromatic N) is 1. The second-order valence-corrected chi connectivity index (χ2v) is 6.39. The summed E-state index contributed by atoms with van der Waals surface area (Å²) in [6.45, 7) is 9.44. The van der Waals surface area contributed by atoms with E-state index in [1.165, 1.54) is 0 Å². The van der Waals surface area contributed by atoms with Gasteiger partial charge in [0.15, 0.2) is 5.96 Å². The number of benzene rings is 1. The molecule has 1 aromatic rings. The van der Waals surface area contributed by atoms with Crippen molar-refractivity contribution >= 4 is 17.6 Å². The Bertz CT molecular complexity index is 495. The van der Waals surface area contributed by atoms with E-state index in [1.54, 1.807) is 6.07 Å². The molecule has 0 aliphatic rings. The molecule has 0 aromatic heterocycles. The van der Waals surface area contributed by atoms with E-state index < -0.39 is 6.10 Å². The lowest BCUT2D eigenvalue weighted by Crippen LogP contribution is -2.39. The summed E-state index contributed by atoms with van der Waals surface area (Å²) in [6.07, 6.45) is 0.342. The van der Waals surface area contributed by atoms with Crippen LogP contribution in [0.15, 0.2) is 29.3 Å². The van der Waals surface area contributed by atoms with Crippen molar-refractivity contribution in [3.63, 3.8) is 0 Å². The van der Waals surface area contributed by atoms with Crippen LogP contribution in [0.2, 0.25) is 5.02 Å². The second-order valence-electron chi connectivity index (χ2n) is 5.98. The van der Waals surface area contributed by atoms with Gasteiger partial charge in [0.25, 0.3) is 0 Å². The maximum Gasteiger partial charge on any atom is 0.191 e. The fourth-order valence-electron chi connectivity index (χ4n) is 2.03. The maximum absolute atomic E-state index is 10.2. The largest absolute Gasteiger partial charge is 0.386 e. The van der Waals surface area contributed by atoms with E-state index in [-0.39, 0.29) is 6.54 Å². The van der Waals surface area contributed by atoms with E-state index in [0.717, 1.165) is 19.6 Å². The normalized spacial score (nSPS) is 13.2. The quantitative estimate of drug-likeness (QED) is 0.343. The van der Waals surface area contributed by atoms with Gasteiger partial charge in [-0.25, -0.2) is 0 Å². The molecule has 0 fully saturated rings. The minimum absolute atomic E-state index is 0.243. The third-order valence-electron chi connectivity index (χ3n) is 3.41. The van der Waals surface area contributed by atoms with E-state index in [2.05, 4.69) is 29.5 Å². The number of aliphatic hydroxyl groups is 1. The molecule has 5 nitrogen and oxygen atoms in total. The van der Waals surface area contributed by atoms with E-state index in [9.17, 15) is 5.11 Å². The zero-order chi connectivity index (χ0) is 17.8. The number of aliphatic hydroxyl groups excluding tert-OH is 1. The smallest absolute Gasteiger partial charge is 0.191 e. The van der Waals surface area contributed by atoms with Crippen molar-refractivity contribution in [3.8, 4) is 0 Å². The summed E-state index contributed by atoms with van der Waals surface area (Å²) in [5.41, 5.74) is 0.691. The number of hydrogen-bond donors (Lipinski definition) is 3. The van der Waals surface area contributed by atoms with Crippen LogP contribution in [0, 0.1) is 5.92 Å². The van der Waals surface area contributed by atoms with Gasteiger partial charge in [0.1, 0.15) is 6.10 Å². The zero-order valence-electron chi connectivity index (χ0n) is 14.9. The summed E-state index contributed by atoms with van der Waals surface area (Å²) in [6, 6.07) is 7.27. The molecule has 0 saturated heterocycles. The molecular formula is C18H30ClN3O2. The highest BCUT2D eigenvalue weighted by Crippen LogP contribution is 2.22. The molecule has 1 rings (SSSR count). The fraction of sp³-hybridized carbons (Fsp3) is 0.611. The highest BCUT2D eigenvalue weighted by molar-refractivity contribution is 6.31. The molecule has 136 valence electrons. The molecule has 0 aliphatic heterocycles. The third kappa shape index (κ3) is 8.52. The molecule has 1 unspecified atom stereocenters. The standard InChI is InChI=1S/C18H30ClN3O2/c1-4-20-18(21-10-12-24-11-9-14(2)3)22-13-17(23)15-7-5-6-8-16(15)19/h5-8,14,17,23H,4,9-13H2,1-3H3,(H2,20,21,22). The average Bonchev–Trinajstić information content (AvgIpc) is 2.55. The Morgan fingerprint density at radius 1 is 1.25 bits per heavy atom. The maximum atomic E-state index is 10.2. The Morgan fingerprint density at radius 3 is 2.67 bits per heavy atom. The molecule has 0 saturated carbocycles. The van der Waals surface area contributed by atoms with Crippen LogP contribution in [0.4, 0.5) is 0 Å². The minimum Gasteiger partial charge on any atom is -0.386 e. The Kier molecular flexibility index (Phi) is 10.5. The Labute approximate surface area is 150 Å². The van der Waals surface area contributed by atoms with Crippen LogP contribution in [-0.4, -0.2) is 43.9 Å². The molecule has 3 N–H and O–H groups in total. The van der Waals surface area contributed by atoms with Crippen molar-refractivity contribution in [2.24, 2.45) is 10.9 Å². The molecule has 0 amide bonds. The summed E-state index contributed by atoms with van der Waals surface area (Å²) in [5, 5.41) is 17.1. The first-order valence-electron chi connectivity index (χ1n) is 8.57.